The molecule has 0 aliphatic rings. The van der Waals surface area contributed by atoms with E-state index in [9.17, 15) is 4.79 Å². The Bertz CT molecular complexity index is 664. The highest BCUT2D eigenvalue weighted by Gasteiger charge is 2.05. The lowest BCUT2D eigenvalue weighted by Crippen LogP contribution is -2.41. The van der Waals surface area contributed by atoms with Crippen LogP contribution in [0.15, 0.2) is 51.2 Å². The number of benzene rings is 1. The molecule has 8 heteroatoms. The van der Waals surface area contributed by atoms with E-state index in [1.165, 1.54) is 4.88 Å². The normalized spacial score (nSPS) is 10.7. The van der Waals surface area contributed by atoms with Gasteiger partial charge < -0.3 is 16.0 Å². The van der Waals surface area contributed by atoms with Crippen LogP contribution in [0, 0.1) is 0 Å². The molecule has 0 fully saturated rings. The molecular formula is C16H20BrIN4OS. The Morgan fingerprint density at radius 1 is 1.17 bits per heavy atom. The van der Waals surface area contributed by atoms with Gasteiger partial charge in [-0.1, -0.05) is 28.1 Å². The second-order valence-electron chi connectivity index (χ2n) is 4.70. The number of nitrogens with one attached hydrogen (secondary N) is 3. The summed E-state index contributed by atoms with van der Waals surface area (Å²) in [5, 5.41) is 11.3. The highest BCUT2D eigenvalue weighted by atomic mass is 127. The fraction of sp³-hybridized carbons (Fsp3) is 0.250. The Hall–Kier alpha value is -1.13. The van der Waals surface area contributed by atoms with Gasteiger partial charge >= 0.3 is 0 Å². The second kappa shape index (κ2) is 11.4. The molecule has 2 rings (SSSR count). The number of nitrogens with zero attached hydrogens (tertiary/aromatic N) is 1. The fourth-order valence-electron chi connectivity index (χ4n) is 1.89. The Kier molecular flexibility index (Phi) is 9.96. The summed E-state index contributed by atoms with van der Waals surface area (Å²) >= 11 is 5.06. The average molecular weight is 523 g/mol. The van der Waals surface area contributed by atoms with Gasteiger partial charge in [-0.2, -0.15) is 0 Å². The van der Waals surface area contributed by atoms with Crippen molar-refractivity contribution in [3.05, 3.63) is 56.7 Å². The van der Waals surface area contributed by atoms with Crippen molar-refractivity contribution in [1.29, 1.82) is 0 Å². The van der Waals surface area contributed by atoms with Gasteiger partial charge in [0.05, 0.1) is 6.54 Å². The molecule has 1 amide bonds. The first-order valence-electron chi connectivity index (χ1n) is 7.19. The number of carbonyl (C=O) groups excluding carboxylic acids is 1. The van der Waals surface area contributed by atoms with Crippen molar-refractivity contribution in [1.82, 2.24) is 16.0 Å². The summed E-state index contributed by atoms with van der Waals surface area (Å²) in [6.07, 6.45) is 0. The van der Waals surface area contributed by atoms with E-state index >= 15 is 0 Å². The average Bonchev–Trinajstić information content (AvgIpc) is 3.07. The molecule has 0 bridgehead atoms. The monoisotopic (exact) mass is 522 g/mol. The van der Waals surface area contributed by atoms with E-state index in [1.54, 1.807) is 30.5 Å². The third-order valence-electron chi connectivity index (χ3n) is 3.02. The summed E-state index contributed by atoms with van der Waals surface area (Å²) in [5.41, 5.74) is 0.638. The maximum Gasteiger partial charge on any atom is 0.251 e. The minimum atomic E-state index is -0.0883. The zero-order chi connectivity index (χ0) is 16.5. The molecule has 0 radical (unpaired) electrons. The van der Waals surface area contributed by atoms with Crippen molar-refractivity contribution >= 4 is 63.1 Å². The SMILES string of the molecule is CN=C(NCCNC(=O)c1cccc(Br)c1)NCc1cccs1.I. The van der Waals surface area contributed by atoms with E-state index < -0.39 is 0 Å². The van der Waals surface area contributed by atoms with E-state index in [1.807, 2.05) is 23.6 Å². The van der Waals surface area contributed by atoms with Gasteiger partial charge in [0, 0.05) is 35.1 Å². The molecule has 1 heterocycles. The van der Waals surface area contributed by atoms with Gasteiger partial charge in [-0.3, -0.25) is 9.79 Å². The standard InChI is InChI=1S/C16H19BrN4OS.HI/c1-18-16(21-11-14-6-3-9-23-14)20-8-7-19-15(22)12-4-2-5-13(17)10-12;/h2-6,9-10H,7-8,11H2,1H3,(H,19,22)(H2,18,20,21);1H. The predicted molar refractivity (Wildman–Crippen MR) is 114 cm³/mol. The highest BCUT2D eigenvalue weighted by molar-refractivity contribution is 14.0. The molecule has 1 aromatic carbocycles. The van der Waals surface area contributed by atoms with Gasteiger partial charge in [0.2, 0.25) is 0 Å². The van der Waals surface area contributed by atoms with E-state index in [0.29, 0.717) is 18.7 Å². The Morgan fingerprint density at radius 2 is 1.96 bits per heavy atom. The van der Waals surface area contributed by atoms with Gasteiger partial charge in [-0.25, -0.2) is 0 Å². The lowest BCUT2D eigenvalue weighted by atomic mass is 10.2. The smallest absolute Gasteiger partial charge is 0.251 e. The van der Waals surface area contributed by atoms with E-state index in [0.717, 1.165) is 17.0 Å². The van der Waals surface area contributed by atoms with E-state index in [-0.39, 0.29) is 29.9 Å². The topological polar surface area (TPSA) is 65.5 Å². The second-order valence-corrected chi connectivity index (χ2v) is 6.65. The number of halogens is 2. The number of rotatable bonds is 6. The van der Waals surface area contributed by atoms with Crippen LogP contribution in [-0.4, -0.2) is 32.0 Å². The molecular weight excluding hydrogens is 503 g/mol. The summed E-state index contributed by atoms with van der Waals surface area (Å²) in [4.78, 5) is 17.4. The van der Waals surface area contributed by atoms with Crippen LogP contribution in [0.5, 0.6) is 0 Å². The Labute approximate surface area is 171 Å². The molecule has 0 saturated carbocycles. The molecule has 5 nitrogen and oxygen atoms in total. The first-order chi connectivity index (χ1) is 11.2. The molecule has 1 aromatic heterocycles. The number of hydrogen-bond donors (Lipinski definition) is 3. The minimum Gasteiger partial charge on any atom is -0.355 e. The third-order valence-corrected chi connectivity index (χ3v) is 4.39. The van der Waals surface area contributed by atoms with E-state index in [2.05, 4.69) is 42.9 Å². The van der Waals surface area contributed by atoms with Crippen molar-refractivity contribution in [2.75, 3.05) is 20.1 Å². The first kappa shape index (κ1) is 20.9. The zero-order valence-electron chi connectivity index (χ0n) is 13.2. The van der Waals surface area contributed by atoms with Crippen LogP contribution >= 0.6 is 51.2 Å². The van der Waals surface area contributed by atoms with Crippen molar-refractivity contribution in [3.63, 3.8) is 0 Å². The van der Waals surface area contributed by atoms with Crippen molar-refractivity contribution < 1.29 is 4.79 Å². The maximum absolute atomic E-state index is 12.0. The molecule has 2 aromatic rings. The summed E-state index contributed by atoms with van der Waals surface area (Å²) < 4.78 is 0.890. The molecule has 0 aliphatic carbocycles. The van der Waals surface area contributed by atoms with Crippen LogP contribution in [-0.2, 0) is 6.54 Å². The molecule has 24 heavy (non-hydrogen) atoms. The number of guanidine groups is 1. The molecule has 0 spiro atoms. The largest absolute Gasteiger partial charge is 0.355 e. The maximum atomic E-state index is 12.0. The molecule has 0 aliphatic heterocycles. The molecule has 0 saturated heterocycles. The van der Waals surface area contributed by atoms with Gasteiger partial charge in [0.25, 0.3) is 5.91 Å². The van der Waals surface area contributed by atoms with Crippen LogP contribution in [0.4, 0.5) is 0 Å². The number of hydrogen-bond acceptors (Lipinski definition) is 3. The number of thiophene rings is 1. The van der Waals surface area contributed by atoms with Gasteiger partial charge in [-0.15, -0.1) is 35.3 Å². The van der Waals surface area contributed by atoms with Crippen LogP contribution in [0.1, 0.15) is 15.2 Å². The minimum absolute atomic E-state index is 0. The van der Waals surface area contributed by atoms with Crippen molar-refractivity contribution in [2.24, 2.45) is 4.99 Å². The Morgan fingerprint density at radius 3 is 2.62 bits per heavy atom. The van der Waals surface area contributed by atoms with Crippen molar-refractivity contribution in [2.45, 2.75) is 6.54 Å². The van der Waals surface area contributed by atoms with Gasteiger partial charge in [-0.05, 0) is 29.6 Å². The summed E-state index contributed by atoms with van der Waals surface area (Å²) in [7, 11) is 1.73. The fourth-order valence-corrected chi connectivity index (χ4v) is 2.94. The van der Waals surface area contributed by atoms with E-state index in [4.69, 9.17) is 0 Å². The van der Waals surface area contributed by atoms with Gasteiger partial charge in [0.1, 0.15) is 0 Å². The third kappa shape index (κ3) is 7.18. The summed E-state index contributed by atoms with van der Waals surface area (Å²) in [6.45, 7) is 1.86. The van der Waals surface area contributed by atoms with Crippen LogP contribution < -0.4 is 16.0 Å². The molecule has 3 N–H and O–H groups in total. The van der Waals surface area contributed by atoms with Gasteiger partial charge in [0.15, 0.2) is 5.96 Å². The number of carbonyl (C=O) groups is 1. The molecule has 130 valence electrons. The first-order valence-corrected chi connectivity index (χ1v) is 8.87. The quantitative estimate of drug-likeness (QED) is 0.236. The Balaban J connectivity index is 0.00000288. The number of amides is 1. The van der Waals surface area contributed by atoms with Crippen molar-refractivity contribution in [3.8, 4) is 0 Å². The highest BCUT2D eigenvalue weighted by Crippen LogP contribution is 2.11. The van der Waals surface area contributed by atoms with Crippen LogP contribution in [0.3, 0.4) is 0 Å². The predicted octanol–water partition coefficient (Wildman–Crippen LogP) is 3.22. The molecule has 0 atom stereocenters. The lowest BCUT2D eigenvalue weighted by Gasteiger charge is -2.11. The number of aliphatic imine (C=N–C) groups is 1. The molecule has 0 unspecified atom stereocenters. The summed E-state index contributed by atoms with van der Waals surface area (Å²) in [5.74, 6) is 0.629. The van der Waals surface area contributed by atoms with Crippen LogP contribution in [0.25, 0.3) is 0 Å². The van der Waals surface area contributed by atoms with Crippen LogP contribution in [0.2, 0.25) is 0 Å². The summed E-state index contributed by atoms with van der Waals surface area (Å²) in [6, 6.07) is 11.4. The zero-order valence-corrected chi connectivity index (χ0v) is 17.9. The lowest BCUT2D eigenvalue weighted by molar-refractivity contribution is 0.0954.